The van der Waals surface area contributed by atoms with E-state index in [0.29, 0.717) is 42.0 Å². The summed E-state index contributed by atoms with van der Waals surface area (Å²) in [5, 5.41) is 12.5. The van der Waals surface area contributed by atoms with E-state index in [9.17, 15) is 9.18 Å². The molecule has 2 atom stereocenters. The number of carbonyl (C=O) groups excluding carboxylic acids is 1. The molecule has 5 rings (SSSR count). The minimum absolute atomic E-state index is 0.0608. The summed E-state index contributed by atoms with van der Waals surface area (Å²) in [5.41, 5.74) is 3.34. The van der Waals surface area contributed by atoms with Gasteiger partial charge in [-0.25, -0.2) is 9.37 Å². The molecule has 0 saturated carbocycles. The van der Waals surface area contributed by atoms with Crippen molar-refractivity contribution in [3.63, 3.8) is 0 Å². The van der Waals surface area contributed by atoms with Crippen molar-refractivity contribution in [1.82, 2.24) is 25.3 Å². The number of ether oxygens (including phenoxy) is 2. The van der Waals surface area contributed by atoms with E-state index in [4.69, 9.17) is 21.1 Å². The average Bonchev–Trinajstić information content (AvgIpc) is 3.57. The molecule has 2 aromatic carbocycles. The zero-order valence-corrected chi connectivity index (χ0v) is 20.6. The van der Waals surface area contributed by atoms with Crippen LogP contribution >= 0.6 is 11.6 Å². The molecular formula is C26H25ClFN5O3. The minimum atomic E-state index is -0.483. The Balaban J connectivity index is 1.44. The number of benzene rings is 2. The molecule has 0 radical (unpaired) electrons. The Kier molecular flexibility index (Phi) is 6.84. The standard InChI is InChI=1S/C26H25ClFN5O3/c1-15-10-23(33-29-7-8-30-33)19-4-3-5-24(25(19)31-15)36-14-21-20(11-18(28)12-22(21)27)16(2)32-26(34)17-6-9-35-13-17/h3-5,7-8,10-12,16-17H,6,9,13-14H2,1-2H3,(H,32,34)/t16-,17?/m0/s1. The normalized spacial score (nSPS) is 16.3. The third kappa shape index (κ3) is 4.89. The quantitative estimate of drug-likeness (QED) is 0.388. The molecule has 1 amide bonds. The zero-order chi connectivity index (χ0) is 25.2. The number of aromatic nitrogens is 4. The fraction of sp³-hybridized carbons (Fsp3) is 0.308. The molecule has 4 aromatic rings. The molecule has 1 aliphatic heterocycles. The second-order valence-corrected chi connectivity index (χ2v) is 9.20. The van der Waals surface area contributed by atoms with Gasteiger partial charge in [0.15, 0.2) is 0 Å². The largest absolute Gasteiger partial charge is 0.487 e. The van der Waals surface area contributed by atoms with Crippen LogP contribution in [0.25, 0.3) is 16.6 Å². The van der Waals surface area contributed by atoms with Gasteiger partial charge in [-0.05, 0) is 50.1 Å². The third-order valence-electron chi connectivity index (χ3n) is 6.24. The van der Waals surface area contributed by atoms with E-state index in [-0.39, 0.29) is 23.5 Å². The fourth-order valence-electron chi connectivity index (χ4n) is 4.41. The lowest BCUT2D eigenvalue weighted by Crippen LogP contribution is -2.33. The summed E-state index contributed by atoms with van der Waals surface area (Å²) >= 11 is 6.46. The molecule has 2 aromatic heterocycles. The van der Waals surface area contributed by atoms with E-state index < -0.39 is 11.9 Å². The second-order valence-electron chi connectivity index (χ2n) is 8.79. The number of fused-ring (bicyclic) bond motifs is 1. The molecule has 186 valence electrons. The number of nitrogens with one attached hydrogen (secondary N) is 1. The van der Waals surface area contributed by atoms with E-state index in [2.05, 4.69) is 20.5 Å². The summed E-state index contributed by atoms with van der Waals surface area (Å²) < 4.78 is 25.8. The molecule has 0 spiro atoms. The van der Waals surface area contributed by atoms with Gasteiger partial charge in [0.25, 0.3) is 0 Å². The van der Waals surface area contributed by atoms with Crippen molar-refractivity contribution in [2.45, 2.75) is 32.9 Å². The van der Waals surface area contributed by atoms with Crippen LogP contribution in [0.5, 0.6) is 5.75 Å². The average molecular weight is 510 g/mol. The number of carbonyl (C=O) groups is 1. The maximum absolute atomic E-state index is 14.3. The van der Waals surface area contributed by atoms with Crippen LogP contribution in [0, 0.1) is 18.7 Å². The predicted molar refractivity (Wildman–Crippen MR) is 133 cm³/mol. The van der Waals surface area contributed by atoms with Crippen molar-refractivity contribution in [3.8, 4) is 11.4 Å². The molecule has 1 saturated heterocycles. The molecule has 8 nitrogen and oxygen atoms in total. The van der Waals surface area contributed by atoms with Gasteiger partial charge in [0.05, 0.1) is 41.7 Å². The van der Waals surface area contributed by atoms with Gasteiger partial charge in [-0.3, -0.25) is 4.79 Å². The molecule has 3 heterocycles. The predicted octanol–water partition coefficient (Wildman–Crippen LogP) is 4.71. The number of nitrogens with zero attached hydrogens (tertiary/aromatic N) is 4. The van der Waals surface area contributed by atoms with Crippen LogP contribution in [0.2, 0.25) is 5.02 Å². The number of para-hydroxylation sites is 1. The number of aryl methyl sites for hydroxylation is 1. The van der Waals surface area contributed by atoms with Crippen LogP contribution in [0.1, 0.15) is 36.2 Å². The number of amides is 1. The van der Waals surface area contributed by atoms with Crippen molar-refractivity contribution < 1.29 is 18.7 Å². The highest BCUT2D eigenvalue weighted by atomic mass is 35.5. The van der Waals surface area contributed by atoms with E-state index in [1.54, 1.807) is 19.3 Å². The van der Waals surface area contributed by atoms with E-state index >= 15 is 0 Å². The monoisotopic (exact) mass is 509 g/mol. The summed E-state index contributed by atoms with van der Waals surface area (Å²) in [5.74, 6) is -0.279. The highest BCUT2D eigenvalue weighted by molar-refractivity contribution is 6.31. The summed E-state index contributed by atoms with van der Waals surface area (Å²) in [6.45, 7) is 4.70. The van der Waals surface area contributed by atoms with Crippen molar-refractivity contribution in [3.05, 3.63) is 76.5 Å². The summed E-state index contributed by atoms with van der Waals surface area (Å²) in [6, 6.07) is 9.66. The lowest BCUT2D eigenvalue weighted by molar-refractivity contribution is -0.125. The first kappa shape index (κ1) is 24.1. The Morgan fingerprint density at radius 1 is 1.31 bits per heavy atom. The molecule has 1 unspecified atom stereocenters. The highest BCUT2D eigenvalue weighted by Gasteiger charge is 2.26. The lowest BCUT2D eigenvalue weighted by atomic mass is 10.00. The first-order valence-electron chi connectivity index (χ1n) is 11.7. The van der Waals surface area contributed by atoms with Crippen LogP contribution in [-0.2, 0) is 16.1 Å². The smallest absolute Gasteiger partial charge is 0.225 e. The van der Waals surface area contributed by atoms with Gasteiger partial charge in [-0.15, -0.1) is 0 Å². The number of pyridine rings is 1. The van der Waals surface area contributed by atoms with Gasteiger partial charge < -0.3 is 14.8 Å². The van der Waals surface area contributed by atoms with Crippen molar-refractivity contribution in [1.29, 1.82) is 0 Å². The second kappa shape index (κ2) is 10.2. The third-order valence-corrected chi connectivity index (χ3v) is 6.57. The Morgan fingerprint density at radius 2 is 2.11 bits per heavy atom. The fourth-order valence-corrected chi connectivity index (χ4v) is 4.68. The molecule has 36 heavy (non-hydrogen) atoms. The SMILES string of the molecule is Cc1cc(-n2nccn2)c2cccc(OCc3c(Cl)cc(F)cc3[C@H](C)NC(=O)C3CCOC3)c2n1. The van der Waals surface area contributed by atoms with Crippen LogP contribution in [0.15, 0.2) is 48.8 Å². The maximum Gasteiger partial charge on any atom is 0.225 e. The van der Waals surface area contributed by atoms with Gasteiger partial charge in [-0.1, -0.05) is 23.7 Å². The molecule has 10 heteroatoms. The highest BCUT2D eigenvalue weighted by Crippen LogP contribution is 2.32. The number of halogens is 2. The molecule has 1 N–H and O–H groups in total. The molecule has 1 fully saturated rings. The summed E-state index contributed by atoms with van der Waals surface area (Å²) in [7, 11) is 0. The van der Waals surface area contributed by atoms with E-state index in [1.807, 2.05) is 31.2 Å². The van der Waals surface area contributed by atoms with Crippen LogP contribution in [0.3, 0.4) is 0 Å². The van der Waals surface area contributed by atoms with E-state index in [0.717, 1.165) is 16.8 Å². The molecule has 0 aliphatic carbocycles. The van der Waals surface area contributed by atoms with Gasteiger partial charge in [-0.2, -0.15) is 15.0 Å². The molecular weight excluding hydrogens is 485 g/mol. The Morgan fingerprint density at radius 3 is 2.86 bits per heavy atom. The number of hydrogen-bond acceptors (Lipinski definition) is 6. The van der Waals surface area contributed by atoms with Gasteiger partial charge in [0.2, 0.25) is 5.91 Å². The van der Waals surface area contributed by atoms with Gasteiger partial charge in [0, 0.05) is 23.3 Å². The lowest BCUT2D eigenvalue weighted by Gasteiger charge is -2.21. The van der Waals surface area contributed by atoms with Crippen molar-refractivity contribution in [2.75, 3.05) is 13.2 Å². The van der Waals surface area contributed by atoms with Gasteiger partial charge >= 0.3 is 0 Å². The maximum atomic E-state index is 14.3. The van der Waals surface area contributed by atoms with Crippen molar-refractivity contribution >= 4 is 28.4 Å². The van der Waals surface area contributed by atoms with Crippen LogP contribution in [0.4, 0.5) is 4.39 Å². The minimum Gasteiger partial charge on any atom is -0.487 e. The zero-order valence-electron chi connectivity index (χ0n) is 19.9. The Bertz CT molecular complexity index is 1410. The first-order valence-corrected chi connectivity index (χ1v) is 12.0. The summed E-state index contributed by atoms with van der Waals surface area (Å²) in [6.07, 6.45) is 3.89. The topological polar surface area (TPSA) is 91.2 Å². The van der Waals surface area contributed by atoms with Gasteiger partial charge in [0.1, 0.15) is 23.7 Å². The Hall–Kier alpha value is -3.56. The van der Waals surface area contributed by atoms with Crippen LogP contribution in [-0.4, -0.2) is 39.1 Å². The Labute approximate surface area is 212 Å². The number of hydrogen-bond donors (Lipinski definition) is 1. The summed E-state index contributed by atoms with van der Waals surface area (Å²) in [4.78, 5) is 18.8. The van der Waals surface area contributed by atoms with Crippen molar-refractivity contribution in [2.24, 2.45) is 5.92 Å². The number of rotatable bonds is 7. The first-order chi connectivity index (χ1) is 17.4. The molecule has 0 bridgehead atoms. The molecule has 1 aliphatic rings. The van der Waals surface area contributed by atoms with E-state index in [1.165, 1.54) is 16.9 Å². The van der Waals surface area contributed by atoms with Crippen LogP contribution < -0.4 is 10.1 Å².